The lowest BCUT2D eigenvalue weighted by Gasteiger charge is -2.44. The average Bonchev–Trinajstić information content (AvgIpc) is 3.79. The van der Waals surface area contributed by atoms with Crippen LogP contribution in [0.3, 0.4) is 0 Å². The van der Waals surface area contributed by atoms with E-state index in [0.29, 0.717) is 22.5 Å². The highest BCUT2D eigenvalue weighted by Gasteiger charge is 2.62. The van der Waals surface area contributed by atoms with Crippen molar-refractivity contribution < 1.29 is 48.2 Å². The number of benzene rings is 3. The standard InChI is InChI=1S/C41H46O10Si/c1-7-52(8-2,9-3)51-40-19-10-11-36-41(50-36,35(44)24-42)20-18-28(40)22-34(38(40)48-25-27-12-14-29(46-5)15-13-27)49-39(45)37-32-23-30(47-6)21-26(4)31(32)16-17-33(37)43/h12-17,21-23,34-36,38,42-44H,7-9,19,24-25H2,1-6H3/t34-,35-,36-,38+,40-,41-/m1/s1. The molecule has 11 heteroatoms. The molecule has 6 rings (SSSR count). The van der Waals surface area contributed by atoms with E-state index in [-0.39, 0.29) is 24.3 Å². The topological polar surface area (TPSA) is 136 Å². The first-order valence-electron chi connectivity index (χ1n) is 17.7. The van der Waals surface area contributed by atoms with Gasteiger partial charge in [0.15, 0.2) is 26.1 Å². The molecule has 274 valence electrons. The average molecular weight is 727 g/mol. The Hall–Kier alpha value is -4.33. The van der Waals surface area contributed by atoms with Gasteiger partial charge in [0.05, 0.1) is 27.4 Å². The molecule has 1 heterocycles. The zero-order valence-corrected chi connectivity index (χ0v) is 31.4. The van der Waals surface area contributed by atoms with Crippen LogP contribution >= 0.6 is 0 Å². The minimum atomic E-state index is -2.45. The molecule has 0 aromatic heterocycles. The second-order valence-corrected chi connectivity index (χ2v) is 18.2. The molecule has 3 aliphatic rings. The highest BCUT2D eigenvalue weighted by molar-refractivity contribution is 6.73. The summed E-state index contributed by atoms with van der Waals surface area (Å²) in [6, 6.07) is 16.7. The summed E-state index contributed by atoms with van der Waals surface area (Å²) >= 11 is 0. The van der Waals surface area contributed by atoms with Crippen molar-refractivity contribution in [2.75, 3.05) is 20.8 Å². The maximum Gasteiger partial charge on any atom is 0.343 e. The summed E-state index contributed by atoms with van der Waals surface area (Å²) in [5.74, 6) is 12.9. The van der Waals surface area contributed by atoms with E-state index in [2.05, 4.69) is 44.5 Å². The molecular formula is C41H46O10Si. The van der Waals surface area contributed by atoms with Gasteiger partial charge in [0, 0.05) is 17.4 Å². The van der Waals surface area contributed by atoms with E-state index in [0.717, 1.165) is 34.6 Å². The molecule has 0 spiro atoms. The fourth-order valence-electron chi connectivity index (χ4n) is 7.29. The first kappa shape index (κ1) is 37.4. The van der Waals surface area contributed by atoms with E-state index in [1.807, 2.05) is 37.3 Å². The molecule has 6 atom stereocenters. The Morgan fingerprint density at radius 2 is 1.73 bits per heavy atom. The zero-order valence-electron chi connectivity index (χ0n) is 30.4. The van der Waals surface area contributed by atoms with Gasteiger partial charge in [-0.3, -0.25) is 0 Å². The first-order chi connectivity index (χ1) is 25.0. The molecule has 0 amide bonds. The second-order valence-electron chi connectivity index (χ2n) is 13.5. The van der Waals surface area contributed by atoms with Gasteiger partial charge >= 0.3 is 5.97 Å². The third-order valence-corrected chi connectivity index (χ3v) is 15.4. The van der Waals surface area contributed by atoms with E-state index in [4.69, 9.17) is 28.1 Å². The van der Waals surface area contributed by atoms with Crippen molar-refractivity contribution in [3.05, 3.63) is 76.9 Å². The van der Waals surface area contributed by atoms with E-state index >= 15 is 0 Å². The van der Waals surface area contributed by atoms with Crippen molar-refractivity contribution in [1.82, 2.24) is 0 Å². The molecular weight excluding hydrogens is 681 g/mol. The lowest BCUT2D eigenvalue weighted by molar-refractivity contribution is -0.113. The molecule has 1 fully saturated rings. The molecule has 3 N–H and O–H groups in total. The van der Waals surface area contributed by atoms with Gasteiger partial charge in [-0.2, -0.15) is 0 Å². The van der Waals surface area contributed by atoms with Crippen LogP contribution in [0.1, 0.15) is 48.7 Å². The Morgan fingerprint density at radius 3 is 2.38 bits per heavy atom. The van der Waals surface area contributed by atoms with Gasteiger partial charge in [-0.05, 0) is 78.0 Å². The number of aliphatic hydroxyl groups excluding tert-OH is 2. The van der Waals surface area contributed by atoms with Gasteiger partial charge in [-0.25, -0.2) is 4.79 Å². The molecule has 3 aromatic rings. The van der Waals surface area contributed by atoms with E-state index in [9.17, 15) is 20.1 Å². The number of hydrogen-bond donors (Lipinski definition) is 3. The quantitative estimate of drug-likeness (QED) is 0.0836. The monoisotopic (exact) mass is 726 g/mol. The van der Waals surface area contributed by atoms with Crippen molar-refractivity contribution in [2.45, 2.75) is 94.5 Å². The Kier molecular flexibility index (Phi) is 10.8. The number of carbonyl (C=O) groups is 1. The molecule has 3 aromatic carbocycles. The predicted octanol–water partition coefficient (Wildman–Crippen LogP) is 5.58. The minimum absolute atomic E-state index is 0.00703. The largest absolute Gasteiger partial charge is 0.507 e. The van der Waals surface area contributed by atoms with Gasteiger partial charge in [0.2, 0.25) is 0 Å². The molecule has 1 saturated heterocycles. The van der Waals surface area contributed by atoms with Crippen LogP contribution in [0, 0.1) is 30.6 Å². The molecule has 0 saturated carbocycles. The van der Waals surface area contributed by atoms with Crippen molar-refractivity contribution in [3.8, 4) is 40.9 Å². The number of aromatic hydroxyl groups is 1. The number of fused-ring (bicyclic) bond motifs is 3. The van der Waals surface area contributed by atoms with Gasteiger partial charge < -0.3 is 43.4 Å². The number of epoxide rings is 1. The number of rotatable bonds is 14. The fourth-order valence-corrected chi connectivity index (χ4v) is 10.3. The zero-order chi connectivity index (χ0) is 37.3. The fraction of sp³-hybridized carbons (Fsp3) is 0.439. The lowest BCUT2D eigenvalue weighted by atomic mass is 9.89. The van der Waals surface area contributed by atoms with Gasteiger partial charge in [-0.1, -0.05) is 62.7 Å². The Bertz CT molecular complexity index is 1970. The highest BCUT2D eigenvalue weighted by atomic mass is 28.4. The number of hydrogen-bond acceptors (Lipinski definition) is 10. The summed E-state index contributed by atoms with van der Waals surface area (Å²) in [4.78, 5) is 14.3. The summed E-state index contributed by atoms with van der Waals surface area (Å²) in [5.41, 5.74) is -0.419. The van der Waals surface area contributed by atoms with Crippen LogP contribution < -0.4 is 9.47 Å². The lowest BCUT2D eigenvalue weighted by Crippen LogP contribution is -2.56. The predicted molar refractivity (Wildman–Crippen MR) is 198 cm³/mol. The summed E-state index contributed by atoms with van der Waals surface area (Å²) in [7, 11) is 0.690. The van der Waals surface area contributed by atoms with Crippen LogP contribution in [0.25, 0.3) is 10.8 Å². The van der Waals surface area contributed by atoms with Crippen LogP contribution in [0.2, 0.25) is 18.1 Å². The number of aryl methyl sites for hydroxylation is 1. The SMILES string of the molecule is CC[Si](CC)(CC)O[C@]12CC#C[C@H]3O[C@@]3([C@H](O)CO)C#CC1=C[C@@H](OC(=O)c1c(O)ccc3c(C)cc(OC)cc13)[C@@H]2OCc1ccc(OC)cc1. The molecule has 0 radical (unpaired) electrons. The smallest absolute Gasteiger partial charge is 0.343 e. The van der Waals surface area contributed by atoms with Crippen LogP contribution in [0.4, 0.5) is 0 Å². The minimum Gasteiger partial charge on any atom is -0.507 e. The number of aliphatic hydroxyl groups is 2. The van der Waals surface area contributed by atoms with Crippen LogP contribution in [0.15, 0.2) is 60.2 Å². The third-order valence-electron chi connectivity index (χ3n) is 10.7. The number of phenols is 1. The molecule has 10 nitrogen and oxygen atoms in total. The van der Waals surface area contributed by atoms with Crippen LogP contribution in [-0.2, 0) is 25.2 Å². The number of ether oxygens (including phenoxy) is 5. The number of carbonyl (C=O) groups excluding carboxylic acids is 1. The van der Waals surface area contributed by atoms with Crippen molar-refractivity contribution in [2.24, 2.45) is 0 Å². The van der Waals surface area contributed by atoms with Crippen molar-refractivity contribution in [1.29, 1.82) is 0 Å². The number of esters is 1. The molecule has 52 heavy (non-hydrogen) atoms. The molecule has 1 aliphatic heterocycles. The first-order valence-corrected chi connectivity index (χ1v) is 20.2. The van der Waals surface area contributed by atoms with Crippen LogP contribution in [-0.4, -0.2) is 86.1 Å². The molecule has 2 aliphatic carbocycles. The summed E-state index contributed by atoms with van der Waals surface area (Å²) in [5, 5.41) is 32.9. The summed E-state index contributed by atoms with van der Waals surface area (Å²) in [6.45, 7) is 7.87. The van der Waals surface area contributed by atoms with Gasteiger partial charge in [0.1, 0.15) is 40.6 Å². The highest BCUT2D eigenvalue weighted by Crippen LogP contribution is 2.47. The maximum absolute atomic E-state index is 14.3. The Morgan fingerprint density at radius 1 is 1.02 bits per heavy atom. The maximum atomic E-state index is 14.3. The van der Waals surface area contributed by atoms with Gasteiger partial charge in [-0.15, -0.1) is 0 Å². The van der Waals surface area contributed by atoms with E-state index in [1.165, 1.54) is 6.07 Å². The van der Waals surface area contributed by atoms with Crippen molar-refractivity contribution in [3.63, 3.8) is 0 Å². The van der Waals surface area contributed by atoms with Crippen molar-refractivity contribution >= 4 is 25.1 Å². The Labute approximate surface area is 305 Å². The molecule has 0 bridgehead atoms. The second kappa shape index (κ2) is 15.0. The van der Waals surface area contributed by atoms with E-state index in [1.54, 1.807) is 32.4 Å². The van der Waals surface area contributed by atoms with Crippen LogP contribution in [0.5, 0.6) is 17.2 Å². The number of phenolic OH excluding ortho intramolecular Hbond substituents is 1. The summed E-state index contributed by atoms with van der Waals surface area (Å²) < 4.78 is 37.2. The Balaban J connectivity index is 1.49. The number of methoxy groups -OCH3 is 2. The van der Waals surface area contributed by atoms with E-state index < -0.39 is 56.5 Å². The summed E-state index contributed by atoms with van der Waals surface area (Å²) in [6.07, 6.45) is -2.02. The normalized spacial score (nSPS) is 25.1. The third kappa shape index (κ3) is 6.69. The molecule has 0 unspecified atom stereocenters. The van der Waals surface area contributed by atoms with Gasteiger partial charge in [0.25, 0.3) is 0 Å².